The van der Waals surface area contributed by atoms with Gasteiger partial charge in [0.2, 0.25) is 5.91 Å². The summed E-state index contributed by atoms with van der Waals surface area (Å²) in [5, 5.41) is 2.60. The maximum atomic E-state index is 12.7. The zero-order valence-corrected chi connectivity index (χ0v) is 15.5. The summed E-state index contributed by atoms with van der Waals surface area (Å²) in [5.74, 6) is 0.112. The number of benzene rings is 2. The summed E-state index contributed by atoms with van der Waals surface area (Å²) >= 11 is 0. The Bertz CT molecular complexity index is 892. The topological polar surface area (TPSA) is 84.5 Å². The molecule has 0 bridgehead atoms. The highest BCUT2D eigenvalue weighted by Gasteiger charge is 2.18. The number of carbonyl (C=O) groups is 1. The number of sulfonamides is 1. The Hall–Kier alpha value is -2.54. The second-order valence-corrected chi connectivity index (χ2v) is 7.31. The van der Waals surface area contributed by atoms with Crippen molar-refractivity contribution in [3.63, 3.8) is 0 Å². The van der Waals surface area contributed by atoms with Crippen molar-refractivity contribution in [2.75, 3.05) is 16.6 Å². The standard InChI is InChI=1S/C18H22N2O4S/c1-5-24-18-10-9-15(11-17(18)19-14(4)21)25(22,23)20-16-8-6-7-12(2)13(16)3/h6-11,20H,5H2,1-4H3,(H,19,21). The smallest absolute Gasteiger partial charge is 0.261 e. The Balaban J connectivity index is 2.41. The third-order valence-electron chi connectivity index (χ3n) is 3.72. The van der Waals surface area contributed by atoms with Gasteiger partial charge in [0.15, 0.2) is 0 Å². The molecule has 0 atom stereocenters. The highest BCUT2D eigenvalue weighted by Crippen LogP contribution is 2.29. The van der Waals surface area contributed by atoms with Gasteiger partial charge in [0.25, 0.3) is 10.0 Å². The third-order valence-corrected chi connectivity index (χ3v) is 5.08. The summed E-state index contributed by atoms with van der Waals surface area (Å²) in [5.41, 5.74) is 2.69. The van der Waals surface area contributed by atoms with Crippen LogP contribution in [0.15, 0.2) is 41.3 Å². The largest absolute Gasteiger partial charge is 0.492 e. The Morgan fingerprint density at radius 1 is 1.12 bits per heavy atom. The molecule has 0 aliphatic carbocycles. The Labute approximate surface area is 148 Å². The molecule has 0 aliphatic heterocycles. The average molecular weight is 362 g/mol. The van der Waals surface area contributed by atoms with E-state index < -0.39 is 10.0 Å². The Kier molecular flexibility index (Phi) is 5.69. The summed E-state index contributed by atoms with van der Waals surface area (Å²) in [6.07, 6.45) is 0. The van der Waals surface area contributed by atoms with Crippen molar-refractivity contribution in [2.45, 2.75) is 32.6 Å². The van der Waals surface area contributed by atoms with Crippen molar-refractivity contribution in [3.8, 4) is 5.75 Å². The number of hydrogen-bond donors (Lipinski definition) is 2. The molecule has 0 spiro atoms. The monoisotopic (exact) mass is 362 g/mol. The molecule has 134 valence electrons. The van der Waals surface area contributed by atoms with Crippen LogP contribution < -0.4 is 14.8 Å². The van der Waals surface area contributed by atoms with Gasteiger partial charge in [-0.05, 0) is 56.2 Å². The minimum Gasteiger partial charge on any atom is -0.492 e. The average Bonchev–Trinajstić information content (AvgIpc) is 2.53. The molecule has 0 unspecified atom stereocenters. The molecule has 25 heavy (non-hydrogen) atoms. The molecule has 7 heteroatoms. The van der Waals surface area contributed by atoms with E-state index >= 15 is 0 Å². The van der Waals surface area contributed by atoms with Crippen LogP contribution in [-0.2, 0) is 14.8 Å². The van der Waals surface area contributed by atoms with Gasteiger partial charge in [0.05, 0.1) is 22.9 Å². The SMILES string of the molecule is CCOc1ccc(S(=O)(=O)Nc2cccc(C)c2C)cc1NC(C)=O. The molecule has 0 fully saturated rings. The van der Waals surface area contributed by atoms with Gasteiger partial charge >= 0.3 is 0 Å². The van der Waals surface area contributed by atoms with E-state index in [1.54, 1.807) is 12.1 Å². The summed E-state index contributed by atoms with van der Waals surface area (Å²) in [7, 11) is -3.80. The van der Waals surface area contributed by atoms with Gasteiger partial charge in [-0.15, -0.1) is 0 Å². The normalized spacial score (nSPS) is 11.0. The van der Waals surface area contributed by atoms with Crippen LogP contribution in [0, 0.1) is 13.8 Å². The van der Waals surface area contributed by atoms with Crippen LogP contribution in [0.5, 0.6) is 5.75 Å². The Morgan fingerprint density at radius 3 is 2.48 bits per heavy atom. The third kappa shape index (κ3) is 4.51. The van der Waals surface area contributed by atoms with E-state index in [1.807, 2.05) is 26.8 Å². The molecule has 0 saturated carbocycles. The molecule has 0 heterocycles. The van der Waals surface area contributed by atoms with Crippen LogP contribution in [0.4, 0.5) is 11.4 Å². The zero-order valence-electron chi connectivity index (χ0n) is 14.7. The number of hydrogen-bond acceptors (Lipinski definition) is 4. The maximum Gasteiger partial charge on any atom is 0.261 e. The van der Waals surface area contributed by atoms with Crippen molar-refractivity contribution in [1.82, 2.24) is 0 Å². The molecular weight excluding hydrogens is 340 g/mol. The van der Waals surface area contributed by atoms with Crippen molar-refractivity contribution >= 4 is 27.3 Å². The van der Waals surface area contributed by atoms with Gasteiger partial charge in [-0.25, -0.2) is 8.42 Å². The molecule has 2 aromatic carbocycles. The van der Waals surface area contributed by atoms with Gasteiger partial charge in [-0.3, -0.25) is 9.52 Å². The lowest BCUT2D eigenvalue weighted by Gasteiger charge is -2.15. The van der Waals surface area contributed by atoms with Crippen molar-refractivity contribution in [3.05, 3.63) is 47.5 Å². The first-order chi connectivity index (χ1) is 11.7. The summed E-state index contributed by atoms with van der Waals surface area (Å²) in [6, 6.07) is 9.79. The van der Waals surface area contributed by atoms with E-state index in [4.69, 9.17) is 4.74 Å². The first-order valence-corrected chi connectivity index (χ1v) is 9.36. The van der Waals surface area contributed by atoms with Crippen LogP contribution in [0.1, 0.15) is 25.0 Å². The van der Waals surface area contributed by atoms with Crippen molar-refractivity contribution in [1.29, 1.82) is 0 Å². The first-order valence-electron chi connectivity index (χ1n) is 7.88. The predicted molar refractivity (Wildman–Crippen MR) is 98.6 cm³/mol. The Morgan fingerprint density at radius 2 is 1.84 bits per heavy atom. The highest BCUT2D eigenvalue weighted by atomic mass is 32.2. The number of aryl methyl sites for hydroxylation is 1. The van der Waals surface area contributed by atoms with Crippen molar-refractivity contribution < 1.29 is 17.9 Å². The summed E-state index contributed by atoms with van der Waals surface area (Å²) in [6.45, 7) is 7.34. The minimum absolute atomic E-state index is 0.0422. The molecule has 2 aromatic rings. The van der Waals surface area contributed by atoms with Gasteiger partial charge in [0.1, 0.15) is 5.75 Å². The maximum absolute atomic E-state index is 12.7. The first kappa shape index (κ1) is 18.8. The number of rotatable bonds is 6. The van der Waals surface area contributed by atoms with E-state index in [2.05, 4.69) is 10.0 Å². The van der Waals surface area contributed by atoms with Gasteiger partial charge < -0.3 is 10.1 Å². The molecular formula is C18H22N2O4S. The van der Waals surface area contributed by atoms with Crippen LogP contribution in [0.25, 0.3) is 0 Å². The van der Waals surface area contributed by atoms with Gasteiger partial charge in [0, 0.05) is 6.92 Å². The molecule has 2 N–H and O–H groups in total. The molecule has 6 nitrogen and oxygen atoms in total. The van der Waals surface area contributed by atoms with Crippen LogP contribution in [0.3, 0.4) is 0 Å². The lowest BCUT2D eigenvalue weighted by Crippen LogP contribution is -2.15. The molecule has 0 radical (unpaired) electrons. The van der Waals surface area contributed by atoms with Crippen LogP contribution in [0.2, 0.25) is 0 Å². The number of carbonyl (C=O) groups excluding carboxylic acids is 1. The number of amides is 1. The quantitative estimate of drug-likeness (QED) is 0.824. The fourth-order valence-corrected chi connectivity index (χ4v) is 3.46. The second kappa shape index (κ2) is 7.57. The summed E-state index contributed by atoms with van der Waals surface area (Å²) in [4.78, 5) is 11.4. The van der Waals surface area contributed by atoms with E-state index in [0.29, 0.717) is 23.7 Å². The van der Waals surface area contributed by atoms with E-state index in [-0.39, 0.29) is 10.8 Å². The fraction of sp³-hybridized carbons (Fsp3) is 0.278. The summed E-state index contributed by atoms with van der Waals surface area (Å²) < 4.78 is 33.4. The highest BCUT2D eigenvalue weighted by molar-refractivity contribution is 7.92. The fourth-order valence-electron chi connectivity index (χ4n) is 2.31. The lowest BCUT2D eigenvalue weighted by molar-refractivity contribution is -0.114. The molecule has 0 saturated heterocycles. The van der Waals surface area contributed by atoms with E-state index in [0.717, 1.165) is 11.1 Å². The minimum atomic E-state index is -3.80. The molecule has 0 aliphatic rings. The van der Waals surface area contributed by atoms with E-state index in [9.17, 15) is 13.2 Å². The van der Waals surface area contributed by atoms with Crippen LogP contribution in [-0.4, -0.2) is 20.9 Å². The van der Waals surface area contributed by atoms with E-state index in [1.165, 1.54) is 25.1 Å². The van der Waals surface area contributed by atoms with Crippen LogP contribution >= 0.6 is 0 Å². The van der Waals surface area contributed by atoms with Crippen molar-refractivity contribution in [2.24, 2.45) is 0 Å². The number of anilines is 2. The molecule has 0 aromatic heterocycles. The van der Waals surface area contributed by atoms with Gasteiger partial charge in [-0.2, -0.15) is 0 Å². The molecule has 1 amide bonds. The lowest BCUT2D eigenvalue weighted by atomic mass is 10.1. The predicted octanol–water partition coefficient (Wildman–Crippen LogP) is 3.46. The number of nitrogens with one attached hydrogen (secondary N) is 2. The van der Waals surface area contributed by atoms with Gasteiger partial charge in [-0.1, -0.05) is 12.1 Å². The number of ether oxygens (including phenoxy) is 1. The zero-order chi connectivity index (χ0) is 18.6. The second-order valence-electron chi connectivity index (χ2n) is 5.63. The molecule has 2 rings (SSSR count).